The highest BCUT2D eigenvalue weighted by molar-refractivity contribution is 9.10. The third kappa shape index (κ3) is 4.35. The molecule has 3 rings (SSSR count). The summed E-state index contributed by atoms with van der Waals surface area (Å²) in [4.78, 5) is 0. The predicted octanol–water partition coefficient (Wildman–Crippen LogP) is 5.49. The Morgan fingerprint density at radius 2 is 1.96 bits per heavy atom. The molecule has 0 aliphatic heterocycles. The molecule has 0 radical (unpaired) electrons. The molecule has 0 amide bonds. The summed E-state index contributed by atoms with van der Waals surface area (Å²) >= 11 is 5.00. The first-order valence-corrected chi connectivity index (χ1v) is 9.83. The SMILES string of the molecule is CCNCCCCOc1ccc2c(-c3ccc(Br)cc3)nsc2c1. The van der Waals surface area contributed by atoms with Gasteiger partial charge in [-0.25, -0.2) is 0 Å². The molecule has 0 aliphatic carbocycles. The molecular formula is C19H21BrN2OS. The molecule has 0 saturated carbocycles. The number of ether oxygens (including phenoxy) is 1. The standard InChI is InChI=1S/C19H21BrN2OS/c1-2-21-11-3-4-12-23-16-9-10-17-18(13-16)24-22-19(17)14-5-7-15(20)8-6-14/h5-10,13,21H,2-4,11-12H2,1H3. The van der Waals surface area contributed by atoms with Crippen molar-refractivity contribution < 1.29 is 4.74 Å². The Bertz CT molecular complexity index is 786. The van der Waals surface area contributed by atoms with Crippen LogP contribution in [-0.4, -0.2) is 24.1 Å². The fraction of sp³-hybridized carbons (Fsp3) is 0.316. The summed E-state index contributed by atoms with van der Waals surface area (Å²) in [7, 11) is 0. The molecule has 0 unspecified atom stereocenters. The summed E-state index contributed by atoms with van der Waals surface area (Å²) in [5.74, 6) is 0.928. The Hall–Kier alpha value is -1.43. The van der Waals surface area contributed by atoms with Crippen LogP contribution in [0, 0.1) is 0 Å². The van der Waals surface area contributed by atoms with Crippen LogP contribution in [0.2, 0.25) is 0 Å². The second-order valence-electron chi connectivity index (χ2n) is 5.61. The summed E-state index contributed by atoms with van der Waals surface area (Å²) in [5.41, 5.74) is 2.18. The molecular weight excluding hydrogens is 384 g/mol. The fourth-order valence-electron chi connectivity index (χ4n) is 2.54. The van der Waals surface area contributed by atoms with Crippen molar-refractivity contribution in [1.82, 2.24) is 9.69 Å². The van der Waals surface area contributed by atoms with E-state index in [1.54, 1.807) is 0 Å². The van der Waals surface area contributed by atoms with Crippen LogP contribution in [0.4, 0.5) is 0 Å². The van der Waals surface area contributed by atoms with E-state index in [2.05, 4.69) is 56.8 Å². The molecule has 3 aromatic rings. The van der Waals surface area contributed by atoms with Crippen LogP contribution >= 0.6 is 27.5 Å². The number of rotatable bonds is 8. The molecule has 0 saturated heterocycles. The van der Waals surface area contributed by atoms with Crippen molar-refractivity contribution in [1.29, 1.82) is 0 Å². The van der Waals surface area contributed by atoms with Gasteiger partial charge in [0.2, 0.25) is 0 Å². The minimum Gasteiger partial charge on any atom is -0.494 e. The maximum atomic E-state index is 5.87. The zero-order valence-corrected chi connectivity index (χ0v) is 16.1. The molecule has 24 heavy (non-hydrogen) atoms. The number of nitrogens with zero attached hydrogens (tertiary/aromatic N) is 1. The smallest absolute Gasteiger partial charge is 0.120 e. The molecule has 1 heterocycles. The summed E-state index contributed by atoms with van der Waals surface area (Å²) in [6.07, 6.45) is 2.21. The van der Waals surface area contributed by atoms with Gasteiger partial charge in [0.05, 0.1) is 17.0 Å². The summed E-state index contributed by atoms with van der Waals surface area (Å²) < 4.78 is 12.7. The lowest BCUT2D eigenvalue weighted by molar-refractivity contribution is 0.306. The van der Waals surface area contributed by atoms with Crippen molar-refractivity contribution in [2.45, 2.75) is 19.8 Å². The monoisotopic (exact) mass is 404 g/mol. The molecule has 0 aliphatic rings. The summed E-state index contributed by atoms with van der Waals surface area (Å²) in [6, 6.07) is 14.5. The van der Waals surface area contributed by atoms with Gasteiger partial charge in [-0.05, 0) is 67.8 Å². The average Bonchev–Trinajstić information content (AvgIpc) is 3.02. The van der Waals surface area contributed by atoms with Gasteiger partial charge < -0.3 is 10.1 Å². The van der Waals surface area contributed by atoms with E-state index in [0.29, 0.717) is 0 Å². The van der Waals surface area contributed by atoms with Crippen LogP contribution < -0.4 is 10.1 Å². The van der Waals surface area contributed by atoms with E-state index in [1.807, 2.05) is 18.2 Å². The molecule has 0 spiro atoms. The number of aromatic nitrogens is 1. The van der Waals surface area contributed by atoms with Crippen molar-refractivity contribution in [3.63, 3.8) is 0 Å². The second-order valence-corrected chi connectivity index (χ2v) is 7.33. The normalized spacial score (nSPS) is 11.1. The Morgan fingerprint density at radius 3 is 2.75 bits per heavy atom. The molecule has 0 fully saturated rings. The average molecular weight is 405 g/mol. The first-order valence-electron chi connectivity index (χ1n) is 8.27. The van der Waals surface area contributed by atoms with Gasteiger partial charge in [-0.1, -0.05) is 35.0 Å². The lowest BCUT2D eigenvalue weighted by atomic mass is 10.1. The second kappa shape index (κ2) is 8.60. The van der Waals surface area contributed by atoms with Crippen LogP contribution in [0.3, 0.4) is 0 Å². The van der Waals surface area contributed by atoms with Crippen LogP contribution in [0.15, 0.2) is 46.9 Å². The van der Waals surface area contributed by atoms with Gasteiger partial charge in [-0.2, -0.15) is 4.37 Å². The van der Waals surface area contributed by atoms with E-state index < -0.39 is 0 Å². The van der Waals surface area contributed by atoms with Gasteiger partial charge in [0.15, 0.2) is 0 Å². The predicted molar refractivity (Wildman–Crippen MR) is 106 cm³/mol. The number of fused-ring (bicyclic) bond motifs is 1. The minimum atomic E-state index is 0.759. The third-order valence-electron chi connectivity index (χ3n) is 3.83. The molecule has 5 heteroatoms. The van der Waals surface area contributed by atoms with Crippen molar-refractivity contribution in [3.8, 4) is 17.0 Å². The number of unbranched alkanes of at least 4 members (excludes halogenated alkanes) is 1. The van der Waals surface area contributed by atoms with Crippen molar-refractivity contribution >= 4 is 37.5 Å². The molecule has 0 bridgehead atoms. The van der Waals surface area contributed by atoms with Gasteiger partial charge in [-0.3, -0.25) is 0 Å². The maximum Gasteiger partial charge on any atom is 0.120 e. The lowest BCUT2D eigenvalue weighted by Crippen LogP contribution is -2.14. The van der Waals surface area contributed by atoms with E-state index in [9.17, 15) is 0 Å². The van der Waals surface area contributed by atoms with Crippen molar-refractivity contribution in [2.24, 2.45) is 0 Å². The van der Waals surface area contributed by atoms with Crippen LogP contribution in [0.25, 0.3) is 21.3 Å². The molecule has 1 N–H and O–H groups in total. The highest BCUT2D eigenvalue weighted by Gasteiger charge is 2.09. The van der Waals surface area contributed by atoms with E-state index in [1.165, 1.54) is 16.9 Å². The van der Waals surface area contributed by atoms with E-state index in [0.717, 1.165) is 58.7 Å². The number of hydrogen-bond acceptors (Lipinski definition) is 4. The van der Waals surface area contributed by atoms with Crippen molar-refractivity contribution in [3.05, 3.63) is 46.9 Å². The molecule has 1 aromatic heterocycles. The lowest BCUT2D eigenvalue weighted by Gasteiger charge is -2.06. The van der Waals surface area contributed by atoms with Crippen molar-refractivity contribution in [2.75, 3.05) is 19.7 Å². The number of halogens is 1. The minimum absolute atomic E-state index is 0.759. The molecule has 126 valence electrons. The van der Waals surface area contributed by atoms with E-state index >= 15 is 0 Å². The van der Waals surface area contributed by atoms with Crippen LogP contribution in [0.5, 0.6) is 5.75 Å². The van der Waals surface area contributed by atoms with E-state index in [4.69, 9.17) is 4.74 Å². The Labute approximate surface area is 155 Å². The van der Waals surface area contributed by atoms with Gasteiger partial charge >= 0.3 is 0 Å². The largest absolute Gasteiger partial charge is 0.494 e. The number of hydrogen-bond donors (Lipinski definition) is 1. The Morgan fingerprint density at radius 1 is 1.12 bits per heavy atom. The van der Waals surface area contributed by atoms with Gasteiger partial charge in [0.25, 0.3) is 0 Å². The fourth-order valence-corrected chi connectivity index (χ4v) is 3.63. The zero-order valence-electron chi connectivity index (χ0n) is 13.7. The topological polar surface area (TPSA) is 34.1 Å². The zero-order chi connectivity index (χ0) is 16.8. The Kier molecular flexibility index (Phi) is 6.24. The summed E-state index contributed by atoms with van der Waals surface area (Å²) in [5, 5.41) is 4.51. The molecule has 3 nitrogen and oxygen atoms in total. The maximum absolute atomic E-state index is 5.87. The summed E-state index contributed by atoms with van der Waals surface area (Å²) in [6.45, 7) is 4.98. The van der Waals surface area contributed by atoms with Crippen LogP contribution in [-0.2, 0) is 0 Å². The van der Waals surface area contributed by atoms with E-state index in [-0.39, 0.29) is 0 Å². The van der Waals surface area contributed by atoms with Crippen LogP contribution in [0.1, 0.15) is 19.8 Å². The quantitative estimate of drug-likeness (QED) is 0.503. The first-order chi connectivity index (χ1) is 11.8. The number of benzene rings is 2. The first kappa shape index (κ1) is 17.4. The third-order valence-corrected chi connectivity index (χ3v) is 5.16. The molecule has 2 aromatic carbocycles. The highest BCUT2D eigenvalue weighted by Crippen LogP contribution is 2.33. The van der Waals surface area contributed by atoms with Gasteiger partial charge in [0.1, 0.15) is 5.75 Å². The molecule has 0 atom stereocenters. The van der Waals surface area contributed by atoms with Gasteiger partial charge in [-0.15, -0.1) is 0 Å². The van der Waals surface area contributed by atoms with Gasteiger partial charge in [0, 0.05) is 15.4 Å². The highest BCUT2D eigenvalue weighted by atomic mass is 79.9. The number of nitrogens with one attached hydrogen (secondary N) is 1. The Balaban J connectivity index is 1.66.